The molecule has 2 rings (SSSR count). The number of carboxylic acids is 1. The van der Waals surface area contributed by atoms with Crippen LogP contribution in [0.3, 0.4) is 0 Å². The fourth-order valence-electron chi connectivity index (χ4n) is 2.10. The monoisotopic (exact) mass is 337 g/mol. The van der Waals surface area contributed by atoms with Crippen LogP contribution in [0.2, 0.25) is 10.0 Å². The number of hydrogen-bond donors (Lipinski definition) is 2. The van der Waals surface area contributed by atoms with Crippen LogP contribution in [0.25, 0.3) is 0 Å². The Hall–Kier alpha value is -2.04. The summed E-state index contributed by atoms with van der Waals surface area (Å²) in [4.78, 5) is 23.1. The molecular weight excluding hydrogens is 325 g/mol. The molecule has 4 nitrogen and oxygen atoms in total. The molecule has 2 N–H and O–H groups in total. The van der Waals surface area contributed by atoms with Crippen LogP contribution in [0.15, 0.2) is 48.5 Å². The largest absolute Gasteiger partial charge is 0.480 e. The second-order valence-corrected chi connectivity index (χ2v) is 5.46. The van der Waals surface area contributed by atoms with E-state index in [4.69, 9.17) is 28.3 Å². The van der Waals surface area contributed by atoms with E-state index in [9.17, 15) is 9.59 Å². The lowest BCUT2D eigenvalue weighted by atomic mass is 9.90. The Labute approximate surface area is 137 Å². The lowest BCUT2D eigenvalue weighted by molar-refractivity contribution is -0.138. The molecule has 1 unspecified atom stereocenters. The lowest BCUT2D eigenvalue weighted by Crippen LogP contribution is -2.34. The average Bonchev–Trinajstić information content (AvgIpc) is 2.49. The summed E-state index contributed by atoms with van der Waals surface area (Å²) in [5.41, 5.74) is 1.29. The smallest absolute Gasteiger partial charge is 0.322 e. The fraction of sp³-hybridized carbons (Fsp3) is 0.125. The van der Waals surface area contributed by atoms with Crippen LogP contribution < -0.4 is 5.32 Å². The zero-order chi connectivity index (χ0) is 16.1. The molecule has 0 radical (unpaired) electrons. The Bertz CT molecular complexity index is 686. The molecule has 22 heavy (non-hydrogen) atoms. The molecule has 2 aromatic carbocycles. The third kappa shape index (κ3) is 4.00. The van der Waals surface area contributed by atoms with Gasteiger partial charge in [0.1, 0.15) is 6.54 Å². The van der Waals surface area contributed by atoms with Crippen molar-refractivity contribution in [2.75, 3.05) is 6.54 Å². The summed E-state index contributed by atoms with van der Waals surface area (Å²) in [5.74, 6) is -2.24. The van der Waals surface area contributed by atoms with Crippen LogP contribution in [0.4, 0.5) is 0 Å². The van der Waals surface area contributed by atoms with Crippen molar-refractivity contribution in [1.82, 2.24) is 5.32 Å². The number of amides is 1. The number of carboxylic acid groups (broad SMARTS) is 1. The Morgan fingerprint density at radius 2 is 1.68 bits per heavy atom. The van der Waals surface area contributed by atoms with Crippen LogP contribution in [0.5, 0.6) is 0 Å². The van der Waals surface area contributed by atoms with E-state index >= 15 is 0 Å². The molecule has 1 atom stereocenters. The maximum atomic E-state index is 12.4. The molecule has 0 aliphatic carbocycles. The van der Waals surface area contributed by atoms with Crippen molar-refractivity contribution < 1.29 is 14.7 Å². The first-order valence-corrected chi connectivity index (χ1v) is 7.24. The van der Waals surface area contributed by atoms with Crippen molar-refractivity contribution in [2.45, 2.75) is 5.92 Å². The molecule has 6 heteroatoms. The van der Waals surface area contributed by atoms with Crippen molar-refractivity contribution in [3.63, 3.8) is 0 Å². The zero-order valence-corrected chi connectivity index (χ0v) is 12.9. The van der Waals surface area contributed by atoms with Gasteiger partial charge in [-0.15, -0.1) is 0 Å². The molecule has 0 aliphatic heterocycles. The van der Waals surface area contributed by atoms with Crippen molar-refractivity contribution in [3.05, 3.63) is 69.7 Å². The van der Waals surface area contributed by atoms with Gasteiger partial charge >= 0.3 is 5.97 Å². The maximum Gasteiger partial charge on any atom is 0.322 e. The predicted octanol–water partition coefficient (Wildman–Crippen LogP) is 3.33. The minimum absolute atomic E-state index is 0.433. The molecule has 0 saturated heterocycles. The Kier molecular flexibility index (Phi) is 5.41. The highest BCUT2D eigenvalue weighted by Gasteiger charge is 2.25. The number of carbonyl (C=O) groups excluding carboxylic acids is 1. The molecule has 0 aliphatic rings. The van der Waals surface area contributed by atoms with Gasteiger partial charge in [-0.05, 0) is 29.3 Å². The van der Waals surface area contributed by atoms with Crippen molar-refractivity contribution in [1.29, 1.82) is 0 Å². The Balaban J connectivity index is 2.40. The highest BCUT2D eigenvalue weighted by molar-refractivity contribution is 6.31. The number of benzene rings is 2. The first-order chi connectivity index (χ1) is 10.5. The molecule has 0 spiro atoms. The van der Waals surface area contributed by atoms with Gasteiger partial charge in [0.2, 0.25) is 5.91 Å². The molecule has 0 bridgehead atoms. The summed E-state index contributed by atoms with van der Waals surface area (Å²) < 4.78 is 0. The second-order valence-electron chi connectivity index (χ2n) is 4.62. The number of carbonyl (C=O) groups is 2. The van der Waals surface area contributed by atoms with E-state index in [2.05, 4.69) is 5.32 Å². The maximum absolute atomic E-state index is 12.4. The number of rotatable bonds is 5. The van der Waals surface area contributed by atoms with E-state index in [1.54, 1.807) is 48.5 Å². The van der Waals surface area contributed by atoms with Crippen molar-refractivity contribution >= 4 is 35.1 Å². The Morgan fingerprint density at radius 3 is 2.27 bits per heavy atom. The number of halogens is 2. The summed E-state index contributed by atoms with van der Waals surface area (Å²) in [5, 5.41) is 12.1. The first kappa shape index (κ1) is 16.3. The van der Waals surface area contributed by atoms with Gasteiger partial charge in [0, 0.05) is 10.0 Å². The van der Waals surface area contributed by atoms with Gasteiger partial charge < -0.3 is 10.4 Å². The molecule has 114 valence electrons. The highest BCUT2D eigenvalue weighted by atomic mass is 35.5. The fourth-order valence-corrected chi connectivity index (χ4v) is 2.47. The predicted molar refractivity (Wildman–Crippen MR) is 85.4 cm³/mol. The van der Waals surface area contributed by atoms with E-state index in [0.717, 1.165) is 0 Å². The zero-order valence-electron chi connectivity index (χ0n) is 11.4. The van der Waals surface area contributed by atoms with Crippen LogP contribution in [0, 0.1) is 0 Å². The standard InChI is InChI=1S/C16H13Cl2NO3/c17-11-7-5-10(6-8-11)15(16(22)19-9-14(20)21)12-3-1-2-4-13(12)18/h1-8,15H,9H2,(H,19,22)(H,20,21). The summed E-state index contributed by atoms with van der Waals surface area (Å²) in [6.07, 6.45) is 0. The third-order valence-corrected chi connectivity index (χ3v) is 3.69. The second kappa shape index (κ2) is 7.29. The van der Waals surface area contributed by atoms with E-state index in [0.29, 0.717) is 21.2 Å². The SMILES string of the molecule is O=C(O)CNC(=O)C(c1ccc(Cl)cc1)c1ccccc1Cl. The molecule has 0 heterocycles. The number of hydrogen-bond acceptors (Lipinski definition) is 2. The van der Waals surface area contributed by atoms with Gasteiger partial charge in [-0.3, -0.25) is 9.59 Å². The number of nitrogens with one attached hydrogen (secondary N) is 1. The van der Waals surface area contributed by atoms with Gasteiger partial charge in [-0.25, -0.2) is 0 Å². The Morgan fingerprint density at radius 1 is 1.05 bits per heavy atom. The highest BCUT2D eigenvalue weighted by Crippen LogP contribution is 2.31. The molecule has 2 aromatic rings. The topological polar surface area (TPSA) is 66.4 Å². The third-order valence-electron chi connectivity index (χ3n) is 3.10. The van der Waals surface area contributed by atoms with Crippen LogP contribution >= 0.6 is 23.2 Å². The lowest BCUT2D eigenvalue weighted by Gasteiger charge is -2.18. The van der Waals surface area contributed by atoms with Crippen LogP contribution in [-0.2, 0) is 9.59 Å². The quantitative estimate of drug-likeness (QED) is 0.879. The van der Waals surface area contributed by atoms with Crippen molar-refractivity contribution in [2.24, 2.45) is 0 Å². The summed E-state index contributed by atoms with van der Waals surface area (Å²) >= 11 is 12.1. The van der Waals surface area contributed by atoms with Gasteiger partial charge in [0.15, 0.2) is 0 Å². The average molecular weight is 338 g/mol. The van der Waals surface area contributed by atoms with E-state index in [1.165, 1.54) is 0 Å². The summed E-state index contributed by atoms with van der Waals surface area (Å²) in [6.45, 7) is -0.451. The van der Waals surface area contributed by atoms with E-state index < -0.39 is 24.3 Å². The van der Waals surface area contributed by atoms with Gasteiger partial charge in [0.05, 0.1) is 5.92 Å². The van der Waals surface area contributed by atoms with Gasteiger partial charge in [0.25, 0.3) is 0 Å². The summed E-state index contributed by atoms with van der Waals surface area (Å²) in [6, 6.07) is 13.7. The minimum Gasteiger partial charge on any atom is -0.480 e. The van der Waals surface area contributed by atoms with E-state index in [-0.39, 0.29) is 0 Å². The van der Waals surface area contributed by atoms with Gasteiger partial charge in [-0.1, -0.05) is 53.5 Å². The van der Waals surface area contributed by atoms with E-state index in [1.807, 2.05) is 0 Å². The van der Waals surface area contributed by atoms with Crippen LogP contribution in [0.1, 0.15) is 17.0 Å². The first-order valence-electron chi connectivity index (χ1n) is 6.48. The molecular formula is C16H13Cl2NO3. The molecule has 0 saturated carbocycles. The van der Waals surface area contributed by atoms with Crippen molar-refractivity contribution in [3.8, 4) is 0 Å². The molecule has 0 fully saturated rings. The normalized spacial score (nSPS) is 11.7. The number of aliphatic carboxylic acids is 1. The summed E-state index contributed by atoms with van der Waals surface area (Å²) in [7, 11) is 0. The van der Waals surface area contributed by atoms with Gasteiger partial charge in [-0.2, -0.15) is 0 Å². The van der Waals surface area contributed by atoms with Crippen LogP contribution in [-0.4, -0.2) is 23.5 Å². The minimum atomic E-state index is -1.11. The molecule has 1 amide bonds. The molecule has 0 aromatic heterocycles.